The summed E-state index contributed by atoms with van der Waals surface area (Å²) in [5, 5.41) is 5.80. The molecule has 9 heteroatoms. The maximum Gasteiger partial charge on any atom is 0.410 e. The molecule has 1 aliphatic rings. The first kappa shape index (κ1) is 25.2. The monoisotopic (exact) mass is 467 g/mol. The van der Waals surface area contributed by atoms with E-state index in [-0.39, 0.29) is 17.9 Å². The number of hydrogen-bond donors (Lipinski definition) is 2. The van der Waals surface area contributed by atoms with Crippen LogP contribution in [0.5, 0.6) is 0 Å². The van der Waals surface area contributed by atoms with Crippen molar-refractivity contribution < 1.29 is 19.1 Å². The van der Waals surface area contributed by atoms with Crippen molar-refractivity contribution >= 4 is 23.6 Å². The number of piperazine rings is 1. The highest BCUT2D eigenvalue weighted by atomic mass is 16.6. The van der Waals surface area contributed by atoms with Crippen LogP contribution >= 0.6 is 0 Å². The van der Waals surface area contributed by atoms with Crippen molar-refractivity contribution in [3.63, 3.8) is 0 Å². The molecular weight excluding hydrogens is 434 g/mol. The predicted molar refractivity (Wildman–Crippen MR) is 130 cm³/mol. The van der Waals surface area contributed by atoms with Crippen LogP contribution in [0, 0.1) is 6.92 Å². The molecule has 34 heavy (non-hydrogen) atoms. The number of carbonyl (C=O) groups excluding carboxylic acids is 3. The van der Waals surface area contributed by atoms with Crippen molar-refractivity contribution in [3.05, 3.63) is 59.4 Å². The van der Waals surface area contributed by atoms with Crippen molar-refractivity contribution in [1.82, 2.24) is 20.1 Å². The molecule has 0 unspecified atom stereocenters. The average Bonchev–Trinajstić information content (AvgIpc) is 2.80. The number of pyridine rings is 1. The lowest BCUT2D eigenvalue weighted by molar-refractivity contribution is 0.0147. The van der Waals surface area contributed by atoms with Crippen LogP contribution in [-0.4, -0.2) is 77.6 Å². The number of hydrogen-bond acceptors (Lipinski definition) is 6. The van der Waals surface area contributed by atoms with E-state index in [0.717, 1.165) is 5.56 Å². The Hall–Kier alpha value is -3.46. The quantitative estimate of drug-likeness (QED) is 0.677. The van der Waals surface area contributed by atoms with Crippen molar-refractivity contribution in [2.45, 2.75) is 33.3 Å². The van der Waals surface area contributed by atoms with Crippen LogP contribution in [0.4, 0.5) is 10.5 Å². The van der Waals surface area contributed by atoms with Crippen LogP contribution in [-0.2, 0) is 4.74 Å². The Bertz CT molecular complexity index is 1010. The van der Waals surface area contributed by atoms with Crippen molar-refractivity contribution in [1.29, 1.82) is 0 Å². The van der Waals surface area contributed by atoms with E-state index < -0.39 is 5.60 Å². The molecule has 0 saturated carbocycles. The van der Waals surface area contributed by atoms with E-state index in [1.807, 2.05) is 33.8 Å². The second-order valence-corrected chi connectivity index (χ2v) is 9.25. The van der Waals surface area contributed by atoms with Crippen molar-refractivity contribution in [2.24, 2.45) is 0 Å². The van der Waals surface area contributed by atoms with Crippen LogP contribution in [0.1, 0.15) is 47.1 Å². The predicted octanol–water partition coefficient (Wildman–Crippen LogP) is 2.92. The number of para-hydroxylation sites is 1. The summed E-state index contributed by atoms with van der Waals surface area (Å²) in [6.07, 6.45) is 2.81. The van der Waals surface area contributed by atoms with Crippen LogP contribution in [0.2, 0.25) is 0 Å². The Kier molecular flexibility index (Phi) is 8.22. The van der Waals surface area contributed by atoms with E-state index in [2.05, 4.69) is 20.5 Å². The molecule has 2 heterocycles. The van der Waals surface area contributed by atoms with Gasteiger partial charge in [0.15, 0.2) is 0 Å². The van der Waals surface area contributed by atoms with Crippen LogP contribution in [0.25, 0.3) is 0 Å². The molecule has 1 aromatic heterocycles. The van der Waals surface area contributed by atoms with Gasteiger partial charge in [-0.15, -0.1) is 0 Å². The van der Waals surface area contributed by atoms with E-state index in [1.165, 1.54) is 0 Å². The van der Waals surface area contributed by atoms with E-state index in [4.69, 9.17) is 4.74 Å². The molecule has 1 saturated heterocycles. The van der Waals surface area contributed by atoms with Crippen molar-refractivity contribution in [3.8, 4) is 0 Å². The summed E-state index contributed by atoms with van der Waals surface area (Å²) in [6, 6.07) is 8.58. The van der Waals surface area contributed by atoms with Gasteiger partial charge in [0.05, 0.1) is 11.3 Å². The van der Waals surface area contributed by atoms with Gasteiger partial charge in [-0.1, -0.05) is 12.1 Å². The standard InChI is InChI=1S/C25H33N5O4/c1-18-6-5-7-20(21(18)28-22(31)19-8-10-26-11-9-19)23(32)27-12-13-29-14-16-30(17-15-29)24(33)34-25(2,3)4/h5-11H,12-17H2,1-4H3,(H,27,32)(H,28,31). The molecule has 2 N–H and O–H groups in total. The third-order valence-electron chi connectivity index (χ3n) is 5.44. The highest BCUT2D eigenvalue weighted by molar-refractivity contribution is 6.09. The number of nitrogens with one attached hydrogen (secondary N) is 2. The molecule has 2 aromatic rings. The normalized spacial score (nSPS) is 14.4. The number of rotatable bonds is 6. The van der Waals surface area contributed by atoms with Gasteiger partial charge in [0, 0.05) is 57.2 Å². The van der Waals surface area contributed by atoms with E-state index in [0.29, 0.717) is 56.1 Å². The van der Waals surface area contributed by atoms with Crippen molar-refractivity contribution in [2.75, 3.05) is 44.6 Å². The summed E-state index contributed by atoms with van der Waals surface area (Å²) in [6.45, 7) is 11.1. The summed E-state index contributed by atoms with van der Waals surface area (Å²) in [5.41, 5.74) is 1.67. The Balaban J connectivity index is 1.51. The molecule has 1 aliphatic heterocycles. The molecule has 1 fully saturated rings. The second kappa shape index (κ2) is 11.1. The van der Waals surface area contributed by atoms with E-state index in [1.54, 1.807) is 41.6 Å². The summed E-state index contributed by atoms with van der Waals surface area (Å²) in [4.78, 5) is 45.5. The fourth-order valence-electron chi connectivity index (χ4n) is 3.62. The lowest BCUT2D eigenvalue weighted by atomic mass is 10.1. The van der Waals surface area contributed by atoms with Crippen LogP contribution in [0.15, 0.2) is 42.7 Å². The fourth-order valence-corrected chi connectivity index (χ4v) is 3.62. The SMILES string of the molecule is Cc1cccc(C(=O)NCCN2CCN(C(=O)OC(C)(C)C)CC2)c1NC(=O)c1ccncc1. The number of anilines is 1. The van der Waals surface area contributed by atoms with Gasteiger partial charge in [0.2, 0.25) is 0 Å². The second-order valence-electron chi connectivity index (χ2n) is 9.25. The molecule has 182 valence electrons. The minimum absolute atomic E-state index is 0.249. The zero-order valence-corrected chi connectivity index (χ0v) is 20.3. The number of aromatic nitrogens is 1. The first-order chi connectivity index (χ1) is 16.1. The molecule has 3 amide bonds. The number of nitrogens with zero attached hydrogens (tertiary/aromatic N) is 3. The third kappa shape index (κ3) is 7.02. The maximum atomic E-state index is 12.9. The van der Waals surface area contributed by atoms with Gasteiger partial charge >= 0.3 is 6.09 Å². The minimum Gasteiger partial charge on any atom is -0.444 e. The van der Waals surface area contributed by atoms with Gasteiger partial charge in [-0.05, 0) is 51.5 Å². The number of ether oxygens (including phenoxy) is 1. The summed E-state index contributed by atoms with van der Waals surface area (Å²) >= 11 is 0. The number of benzene rings is 1. The highest BCUT2D eigenvalue weighted by Gasteiger charge is 2.25. The topological polar surface area (TPSA) is 104 Å². The Morgan fingerprint density at radius 2 is 1.68 bits per heavy atom. The van der Waals surface area contributed by atoms with Crippen LogP contribution in [0.3, 0.4) is 0 Å². The minimum atomic E-state index is -0.509. The lowest BCUT2D eigenvalue weighted by Gasteiger charge is -2.35. The van der Waals surface area contributed by atoms with E-state index in [9.17, 15) is 14.4 Å². The largest absolute Gasteiger partial charge is 0.444 e. The number of carbonyl (C=O) groups is 3. The number of aryl methyl sites for hydroxylation is 1. The Labute approximate surface area is 200 Å². The molecular formula is C25H33N5O4. The average molecular weight is 468 g/mol. The maximum absolute atomic E-state index is 12.9. The summed E-state index contributed by atoms with van der Waals surface area (Å²) < 4.78 is 5.43. The van der Waals surface area contributed by atoms with Gasteiger partial charge in [0.1, 0.15) is 5.60 Å². The third-order valence-corrected chi connectivity index (χ3v) is 5.44. The molecule has 0 bridgehead atoms. The van der Waals surface area contributed by atoms with E-state index >= 15 is 0 Å². The van der Waals surface area contributed by atoms with Gasteiger partial charge in [-0.25, -0.2) is 4.79 Å². The molecule has 0 spiro atoms. The first-order valence-corrected chi connectivity index (χ1v) is 11.4. The lowest BCUT2D eigenvalue weighted by Crippen LogP contribution is -2.51. The fraction of sp³-hybridized carbons (Fsp3) is 0.440. The number of amides is 3. The van der Waals surface area contributed by atoms with Crippen LogP contribution < -0.4 is 10.6 Å². The molecule has 0 aliphatic carbocycles. The molecule has 0 radical (unpaired) electrons. The molecule has 3 rings (SSSR count). The molecule has 1 aromatic carbocycles. The summed E-state index contributed by atoms with van der Waals surface area (Å²) in [5.74, 6) is -0.547. The summed E-state index contributed by atoms with van der Waals surface area (Å²) in [7, 11) is 0. The molecule has 0 atom stereocenters. The smallest absolute Gasteiger partial charge is 0.410 e. The Morgan fingerprint density at radius 3 is 2.32 bits per heavy atom. The first-order valence-electron chi connectivity index (χ1n) is 11.4. The van der Waals surface area contributed by atoms with Gasteiger partial charge in [-0.3, -0.25) is 19.5 Å². The van der Waals surface area contributed by atoms with Gasteiger partial charge in [-0.2, -0.15) is 0 Å². The highest BCUT2D eigenvalue weighted by Crippen LogP contribution is 2.21. The Morgan fingerprint density at radius 1 is 1.00 bits per heavy atom. The van der Waals surface area contributed by atoms with Gasteiger partial charge < -0.3 is 20.3 Å². The van der Waals surface area contributed by atoms with Gasteiger partial charge in [0.25, 0.3) is 11.8 Å². The zero-order chi connectivity index (χ0) is 24.7. The molecule has 9 nitrogen and oxygen atoms in total. The zero-order valence-electron chi connectivity index (χ0n) is 20.3.